The Balaban J connectivity index is 1.69. The number of hydrogen-bond donors (Lipinski definition) is 0. The van der Waals surface area contributed by atoms with Gasteiger partial charge in [-0.3, -0.25) is 4.57 Å². The minimum atomic E-state index is -2.26. The van der Waals surface area contributed by atoms with Gasteiger partial charge in [-0.15, -0.1) is 0 Å². The average Bonchev–Trinajstić information content (AvgIpc) is 2.80. The summed E-state index contributed by atoms with van der Waals surface area (Å²) in [5.74, 6) is 0.701. The lowest BCUT2D eigenvalue weighted by Gasteiger charge is -2.09. The smallest absolute Gasteiger partial charge is 0.265 e. The second-order valence-corrected chi connectivity index (χ2v) is 10.1. The Morgan fingerprint density at radius 2 is 1.00 bits per heavy atom. The molecule has 2 aromatic rings. The van der Waals surface area contributed by atoms with Crippen LogP contribution in [0.4, 0.5) is 0 Å². The molecule has 3 heteroatoms. The fourth-order valence-electron chi connectivity index (χ4n) is 3.92. The van der Waals surface area contributed by atoms with Crippen LogP contribution in [0.25, 0.3) is 0 Å². The third kappa shape index (κ3) is 11.1. The van der Waals surface area contributed by atoms with Gasteiger partial charge in [-0.1, -0.05) is 102 Å². The number of hydrogen-bond acceptors (Lipinski definition) is 2. The Morgan fingerprint density at radius 1 is 0.581 bits per heavy atom. The third-order valence-electron chi connectivity index (χ3n) is 5.96. The van der Waals surface area contributed by atoms with Crippen LogP contribution >= 0.6 is 8.03 Å². The zero-order valence-electron chi connectivity index (χ0n) is 19.8. The monoisotopic (exact) mass is 442 g/mol. The van der Waals surface area contributed by atoms with E-state index in [0.717, 1.165) is 18.1 Å². The van der Waals surface area contributed by atoms with E-state index < -0.39 is 8.03 Å². The summed E-state index contributed by atoms with van der Waals surface area (Å²) >= 11 is 0. The molecule has 2 rings (SSSR count). The molecule has 0 bridgehead atoms. The van der Waals surface area contributed by atoms with Gasteiger partial charge in [-0.2, -0.15) is 0 Å². The van der Waals surface area contributed by atoms with Crippen molar-refractivity contribution in [3.05, 3.63) is 59.7 Å². The van der Waals surface area contributed by atoms with Crippen LogP contribution in [-0.4, -0.2) is 0 Å². The molecule has 0 spiro atoms. The molecule has 0 aliphatic rings. The van der Waals surface area contributed by atoms with E-state index in [9.17, 15) is 4.57 Å². The molecule has 31 heavy (non-hydrogen) atoms. The molecule has 0 aromatic heterocycles. The molecule has 1 unspecified atom stereocenters. The highest BCUT2D eigenvalue weighted by molar-refractivity contribution is 7.48. The first kappa shape index (κ1) is 25.7. The van der Waals surface area contributed by atoms with Crippen LogP contribution in [0.15, 0.2) is 48.5 Å². The summed E-state index contributed by atoms with van der Waals surface area (Å²) in [7, 11) is -2.26. The number of rotatable bonds is 17. The quantitative estimate of drug-likeness (QED) is 0.181. The predicted octanol–water partition coefficient (Wildman–Crippen LogP) is 8.67. The molecule has 0 fully saturated rings. The van der Waals surface area contributed by atoms with Crippen LogP contribution in [0.2, 0.25) is 0 Å². The van der Waals surface area contributed by atoms with E-state index in [4.69, 9.17) is 4.52 Å². The second-order valence-electron chi connectivity index (χ2n) is 8.77. The zero-order chi connectivity index (χ0) is 22.2. The lowest BCUT2D eigenvalue weighted by Crippen LogP contribution is -2.00. The van der Waals surface area contributed by atoms with E-state index in [1.807, 2.05) is 24.3 Å². The van der Waals surface area contributed by atoms with Crippen molar-refractivity contribution in [3.63, 3.8) is 0 Å². The van der Waals surface area contributed by atoms with Crippen LogP contribution in [0.3, 0.4) is 0 Å². The van der Waals surface area contributed by atoms with Crippen LogP contribution in [0.1, 0.15) is 102 Å². The summed E-state index contributed by atoms with van der Waals surface area (Å²) in [5.41, 5.74) is 2.66. The summed E-state index contributed by atoms with van der Waals surface area (Å²) in [6, 6.07) is 16.3. The summed E-state index contributed by atoms with van der Waals surface area (Å²) in [4.78, 5) is 0. The highest BCUT2D eigenvalue weighted by Gasteiger charge is 2.06. The van der Waals surface area contributed by atoms with Gasteiger partial charge in [0.05, 0.1) is 0 Å². The van der Waals surface area contributed by atoms with Gasteiger partial charge in [0.15, 0.2) is 0 Å². The molecule has 0 saturated heterocycles. The van der Waals surface area contributed by atoms with Crippen molar-refractivity contribution in [3.8, 4) is 5.75 Å². The van der Waals surface area contributed by atoms with Gasteiger partial charge in [0, 0.05) is 5.30 Å². The fraction of sp³-hybridized carbons (Fsp3) is 0.571. The van der Waals surface area contributed by atoms with Gasteiger partial charge in [-0.25, -0.2) is 0 Å². The first-order valence-corrected chi connectivity index (χ1v) is 13.9. The molecule has 0 radical (unpaired) electrons. The van der Waals surface area contributed by atoms with E-state index in [2.05, 4.69) is 38.1 Å². The first-order chi connectivity index (χ1) is 15.2. The number of unbranched alkanes of at least 4 members (excludes halogenated alkanes) is 10. The Morgan fingerprint density at radius 3 is 1.48 bits per heavy atom. The van der Waals surface area contributed by atoms with Gasteiger partial charge in [0.2, 0.25) is 0 Å². The van der Waals surface area contributed by atoms with Gasteiger partial charge >= 0.3 is 0 Å². The Labute approximate surface area is 191 Å². The summed E-state index contributed by atoms with van der Waals surface area (Å²) in [5, 5.41) is 0.799. The molecule has 0 saturated carbocycles. The van der Waals surface area contributed by atoms with Crippen LogP contribution in [-0.2, 0) is 17.4 Å². The molecular weight excluding hydrogens is 399 g/mol. The van der Waals surface area contributed by atoms with Crippen molar-refractivity contribution in [1.82, 2.24) is 0 Å². The topological polar surface area (TPSA) is 26.3 Å². The lowest BCUT2D eigenvalue weighted by atomic mass is 10.1. The first-order valence-electron chi connectivity index (χ1n) is 12.6. The van der Waals surface area contributed by atoms with Gasteiger partial charge in [0.25, 0.3) is 8.03 Å². The highest BCUT2D eigenvalue weighted by atomic mass is 31.1. The van der Waals surface area contributed by atoms with Crippen molar-refractivity contribution in [2.45, 2.75) is 104 Å². The van der Waals surface area contributed by atoms with Crippen molar-refractivity contribution >= 4 is 13.3 Å². The largest absolute Gasteiger partial charge is 0.442 e. The normalized spacial score (nSPS) is 12.1. The highest BCUT2D eigenvalue weighted by Crippen LogP contribution is 2.27. The second kappa shape index (κ2) is 16.2. The van der Waals surface area contributed by atoms with Gasteiger partial charge in [-0.05, 0) is 61.1 Å². The molecule has 0 aliphatic heterocycles. The van der Waals surface area contributed by atoms with E-state index >= 15 is 0 Å². The molecule has 172 valence electrons. The zero-order valence-corrected chi connectivity index (χ0v) is 20.8. The van der Waals surface area contributed by atoms with Crippen molar-refractivity contribution in [2.24, 2.45) is 0 Å². The average molecular weight is 443 g/mol. The maximum atomic E-state index is 12.6. The summed E-state index contributed by atoms with van der Waals surface area (Å²) in [6.07, 6.45) is 18.0. The summed E-state index contributed by atoms with van der Waals surface area (Å²) < 4.78 is 18.4. The molecule has 0 amide bonds. The minimum absolute atomic E-state index is 0.701. The third-order valence-corrected chi connectivity index (χ3v) is 7.19. The Bertz CT molecular complexity index is 722. The van der Waals surface area contributed by atoms with Crippen molar-refractivity contribution < 1.29 is 9.09 Å². The molecule has 0 N–H and O–H groups in total. The molecule has 2 nitrogen and oxygen atoms in total. The van der Waals surface area contributed by atoms with Crippen molar-refractivity contribution in [2.75, 3.05) is 0 Å². The predicted molar refractivity (Wildman–Crippen MR) is 136 cm³/mol. The standard InChI is InChI=1S/C28H43O2P/c1-3-5-7-9-11-13-15-25-17-21-27(22-18-25)30-31(29)28-23-19-26(20-24-28)16-14-12-10-8-6-4-2/h17-24,31H,3-16H2,1-2H3. The SMILES string of the molecule is CCCCCCCCc1ccc(O[PH](=O)c2ccc(CCCCCCCC)cc2)cc1. The lowest BCUT2D eigenvalue weighted by molar-refractivity contribution is 0.514. The maximum Gasteiger partial charge on any atom is 0.265 e. The summed E-state index contributed by atoms with van der Waals surface area (Å²) in [6.45, 7) is 4.51. The maximum absolute atomic E-state index is 12.6. The fourth-order valence-corrected chi connectivity index (χ4v) is 4.82. The van der Waals surface area contributed by atoms with E-state index in [1.165, 1.54) is 88.2 Å². The van der Waals surface area contributed by atoms with Gasteiger partial charge in [0.1, 0.15) is 5.75 Å². The Hall–Kier alpha value is -1.53. The molecule has 0 aliphatic carbocycles. The van der Waals surface area contributed by atoms with E-state index in [-0.39, 0.29) is 0 Å². The number of aryl methyl sites for hydroxylation is 2. The van der Waals surface area contributed by atoms with Gasteiger partial charge < -0.3 is 4.52 Å². The molecule has 1 atom stereocenters. The molecule has 0 heterocycles. The molecule has 2 aromatic carbocycles. The van der Waals surface area contributed by atoms with Crippen LogP contribution in [0.5, 0.6) is 5.75 Å². The van der Waals surface area contributed by atoms with Crippen molar-refractivity contribution in [1.29, 1.82) is 0 Å². The van der Waals surface area contributed by atoms with E-state index in [1.54, 1.807) is 0 Å². The minimum Gasteiger partial charge on any atom is -0.442 e. The van der Waals surface area contributed by atoms with E-state index in [0.29, 0.717) is 5.75 Å². The molecular formula is C28H43O2P. The Kier molecular flexibility index (Phi) is 13.4. The number of benzene rings is 2. The van der Waals surface area contributed by atoms with Crippen LogP contribution < -0.4 is 9.83 Å². The van der Waals surface area contributed by atoms with Crippen LogP contribution in [0, 0.1) is 0 Å².